The van der Waals surface area contributed by atoms with Crippen molar-refractivity contribution in [2.24, 2.45) is 0 Å². The number of halogens is 1. The third-order valence-electron chi connectivity index (χ3n) is 4.08. The summed E-state index contributed by atoms with van der Waals surface area (Å²) in [6.07, 6.45) is 0. The number of nitro groups is 1. The zero-order chi connectivity index (χ0) is 20.4. The Balaban J connectivity index is 1.93. The lowest BCUT2D eigenvalue weighted by Gasteiger charge is -2.10. The molecule has 1 heterocycles. The highest BCUT2D eigenvalue weighted by molar-refractivity contribution is 6.32. The van der Waals surface area contributed by atoms with E-state index in [9.17, 15) is 19.7 Å². The molecule has 0 aliphatic heterocycles. The first kappa shape index (κ1) is 19.4. The van der Waals surface area contributed by atoms with Gasteiger partial charge in [-0.3, -0.25) is 10.1 Å². The average molecular weight is 404 g/mol. The van der Waals surface area contributed by atoms with Crippen molar-refractivity contribution >= 4 is 34.2 Å². The van der Waals surface area contributed by atoms with Crippen molar-refractivity contribution in [3.8, 4) is 5.75 Å². The molecule has 0 radical (unpaired) electrons. The molecular formula is C19H14ClNO7. The molecular weight excluding hydrogens is 390 g/mol. The standard InChI is InChI=1S/C19H14ClNO7/c1-10-5-17-13(8-15(10)20)11(6-18(22)28-17)9-27-19(23)14-7-12(21(24)25)3-4-16(14)26-2/h3-8H,9H2,1-2H3. The summed E-state index contributed by atoms with van der Waals surface area (Å²) in [5.41, 5.74) is 0.457. The van der Waals surface area contributed by atoms with Gasteiger partial charge in [0.25, 0.3) is 5.69 Å². The highest BCUT2D eigenvalue weighted by atomic mass is 35.5. The van der Waals surface area contributed by atoms with Gasteiger partial charge >= 0.3 is 11.6 Å². The van der Waals surface area contributed by atoms with Crippen LogP contribution in [-0.4, -0.2) is 18.0 Å². The van der Waals surface area contributed by atoms with Gasteiger partial charge in [0.2, 0.25) is 0 Å². The molecule has 1 aromatic heterocycles. The van der Waals surface area contributed by atoms with Crippen molar-refractivity contribution in [3.05, 3.63) is 78.6 Å². The maximum absolute atomic E-state index is 12.5. The molecule has 8 nitrogen and oxygen atoms in total. The van der Waals surface area contributed by atoms with Crippen LogP contribution in [0.4, 0.5) is 5.69 Å². The molecule has 0 atom stereocenters. The molecule has 0 N–H and O–H groups in total. The van der Waals surface area contributed by atoms with E-state index in [2.05, 4.69) is 0 Å². The number of hydrogen-bond donors (Lipinski definition) is 0. The number of aryl methyl sites for hydroxylation is 1. The van der Waals surface area contributed by atoms with E-state index in [-0.39, 0.29) is 23.6 Å². The van der Waals surface area contributed by atoms with Crippen LogP contribution in [0.15, 0.2) is 45.6 Å². The molecule has 144 valence electrons. The van der Waals surface area contributed by atoms with E-state index in [4.69, 9.17) is 25.5 Å². The minimum Gasteiger partial charge on any atom is -0.496 e. The van der Waals surface area contributed by atoms with Gasteiger partial charge < -0.3 is 13.9 Å². The van der Waals surface area contributed by atoms with Crippen LogP contribution in [0.25, 0.3) is 11.0 Å². The van der Waals surface area contributed by atoms with Crippen molar-refractivity contribution in [2.45, 2.75) is 13.5 Å². The van der Waals surface area contributed by atoms with Crippen LogP contribution >= 0.6 is 11.6 Å². The quantitative estimate of drug-likeness (QED) is 0.274. The topological polar surface area (TPSA) is 109 Å². The smallest absolute Gasteiger partial charge is 0.342 e. The fourth-order valence-corrected chi connectivity index (χ4v) is 2.82. The SMILES string of the molecule is COc1ccc([N+](=O)[O-])cc1C(=O)OCc1cc(=O)oc2cc(C)c(Cl)cc12. The van der Waals surface area contributed by atoms with Gasteiger partial charge in [0.15, 0.2) is 0 Å². The number of benzene rings is 2. The summed E-state index contributed by atoms with van der Waals surface area (Å²) in [6.45, 7) is 1.51. The van der Waals surface area contributed by atoms with E-state index in [1.54, 1.807) is 19.1 Å². The van der Waals surface area contributed by atoms with E-state index in [0.717, 1.165) is 11.6 Å². The molecule has 0 spiro atoms. The maximum Gasteiger partial charge on any atom is 0.342 e. The second-order valence-corrected chi connectivity index (χ2v) is 6.31. The van der Waals surface area contributed by atoms with Crippen LogP contribution in [0, 0.1) is 17.0 Å². The summed E-state index contributed by atoms with van der Waals surface area (Å²) in [6, 6.07) is 8.03. The van der Waals surface area contributed by atoms with Crippen molar-refractivity contribution in [3.63, 3.8) is 0 Å². The number of hydrogen-bond acceptors (Lipinski definition) is 7. The second kappa shape index (κ2) is 7.69. The van der Waals surface area contributed by atoms with E-state index < -0.39 is 16.5 Å². The Bertz CT molecular complexity index is 1150. The molecule has 0 fully saturated rings. The van der Waals surface area contributed by atoms with Gasteiger partial charge in [0, 0.05) is 34.2 Å². The van der Waals surface area contributed by atoms with E-state index in [1.165, 1.54) is 25.3 Å². The molecule has 0 saturated heterocycles. The number of ether oxygens (including phenoxy) is 2. The third kappa shape index (κ3) is 3.81. The van der Waals surface area contributed by atoms with Crippen LogP contribution in [-0.2, 0) is 11.3 Å². The summed E-state index contributed by atoms with van der Waals surface area (Å²) < 4.78 is 15.5. The normalized spacial score (nSPS) is 10.7. The first-order chi connectivity index (χ1) is 13.3. The fourth-order valence-electron chi connectivity index (χ4n) is 2.66. The van der Waals surface area contributed by atoms with Crippen LogP contribution in [0.5, 0.6) is 5.75 Å². The third-order valence-corrected chi connectivity index (χ3v) is 4.49. The molecule has 3 rings (SSSR count). The first-order valence-electron chi connectivity index (χ1n) is 8.02. The van der Waals surface area contributed by atoms with Crippen molar-refractivity contribution < 1.29 is 23.6 Å². The van der Waals surface area contributed by atoms with Crippen LogP contribution in [0.1, 0.15) is 21.5 Å². The molecule has 0 amide bonds. The summed E-state index contributed by atoms with van der Waals surface area (Å²) in [4.78, 5) is 34.6. The van der Waals surface area contributed by atoms with Gasteiger partial charge in [0.05, 0.1) is 12.0 Å². The minimum atomic E-state index is -0.833. The molecule has 0 aliphatic carbocycles. The Hall–Kier alpha value is -3.39. The lowest BCUT2D eigenvalue weighted by Crippen LogP contribution is -2.09. The average Bonchev–Trinajstić information content (AvgIpc) is 2.66. The fraction of sp³-hybridized carbons (Fsp3) is 0.158. The van der Waals surface area contributed by atoms with Crippen LogP contribution < -0.4 is 10.4 Å². The van der Waals surface area contributed by atoms with E-state index >= 15 is 0 Å². The number of methoxy groups -OCH3 is 1. The monoisotopic (exact) mass is 403 g/mol. The van der Waals surface area contributed by atoms with Gasteiger partial charge in [0.1, 0.15) is 23.5 Å². The zero-order valence-electron chi connectivity index (χ0n) is 14.9. The Kier molecular flexibility index (Phi) is 5.32. The molecule has 2 aromatic carbocycles. The Labute approximate surface area is 163 Å². The summed E-state index contributed by atoms with van der Waals surface area (Å²) in [5, 5.41) is 11.9. The van der Waals surface area contributed by atoms with Crippen LogP contribution in [0.3, 0.4) is 0 Å². The first-order valence-corrected chi connectivity index (χ1v) is 8.40. The number of esters is 1. The second-order valence-electron chi connectivity index (χ2n) is 5.91. The summed E-state index contributed by atoms with van der Waals surface area (Å²) in [5.74, 6) is -0.702. The molecule has 0 saturated carbocycles. The Morgan fingerprint density at radius 2 is 2.00 bits per heavy atom. The number of fused-ring (bicyclic) bond motifs is 1. The maximum atomic E-state index is 12.5. The predicted molar refractivity (Wildman–Crippen MR) is 101 cm³/mol. The highest BCUT2D eigenvalue weighted by Gasteiger charge is 2.19. The van der Waals surface area contributed by atoms with Gasteiger partial charge in [-0.25, -0.2) is 9.59 Å². The molecule has 0 unspecified atom stereocenters. The minimum absolute atomic E-state index is 0.0992. The molecule has 9 heteroatoms. The van der Waals surface area contributed by atoms with Gasteiger partial charge in [-0.1, -0.05) is 11.6 Å². The van der Waals surface area contributed by atoms with Crippen molar-refractivity contribution in [2.75, 3.05) is 7.11 Å². The number of carbonyl (C=O) groups excluding carboxylic acids is 1. The van der Waals surface area contributed by atoms with Gasteiger partial charge in [-0.2, -0.15) is 0 Å². The predicted octanol–water partition coefficient (Wildman–Crippen LogP) is 4.03. The largest absolute Gasteiger partial charge is 0.496 e. The number of nitrogens with zero attached hydrogens (tertiary/aromatic N) is 1. The Morgan fingerprint density at radius 3 is 2.68 bits per heavy atom. The lowest BCUT2D eigenvalue weighted by atomic mass is 10.1. The van der Waals surface area contributed by atoms with Gasteiger partial charge in [-0.15, -0.1) is 0 Å². The molecule has 28 heavy (non-hydrogen) atoms. The molecule has 3 aromatic rings. The number of carbonyl (C=O) groups is 1. The van der Waals surface area contributed by atoms with E-state index in [1.807, 2.05) is 0 Å². The number of nitro benzene ring substituents is 1. The van der Waals surface area contributed by atoms with Crippen LogP contribution in [0.2, 0.25) is 5.02 Å². The summed E-state index contributed by atoms with van der Waals surface area (Å²) >= 11 is 6.14. The highest BCUT2D eigenvalue weighted by Crippen LogP contribution is 2.27. The lowest BCUT2D eigenvalue weighted by molar-refractivity contribution is -0.384. The number of non-ortho nitro benzene ring substituents is 1. The Morgan fingerprint density at radius 1 is 1.25 bits per heavy atom. The zero-order valence-corrected chi connectivity index (χ0v) is 15.6. The molecule has 0 bridgehead atoms. The van der Waals surface area contributed by atoms with Crippen molar-refractivity contribution in [1.29, 1.82) is 0 Å². The van der Waals surface area contributed by atoms with Crippen molar-refractivity contribution in [1.82, 2.24) is 0 Å². The summed E-state index contributed by atoms with van der Waals surface area (Å²) in [7, 11) is 1.33. The number of rotatable bonds is 5. The molecule has 0 aliphatic rings. The van der Waals surface area contributed by atoms with E-state index in [0.29, 0.717) is 21.6 Å². The van der Waals surface area contributed by atoms with Gasteiger partial charge in [-0.05, 0) is 30.7 Å².